The molecule has 260 valence electrons. The highest BCUT2D eigenvalue weighted by atomic mass is 32.2. The van der Waals surface area contributed by atoms with Crippen LogP contribution in [0.2, 0.25) is 0 Å². The lowest BCUT2D eigenvalue weighted by atomic mass is 10.1. The van der Waals surface area contributed by atoms with E-state index < -0.39 is 46.8 Å². The number of aromatic nitrogens is 2. The fourth-order valence-electron chi connectivity index (χ4n) is 5.95. The number of carbonyl (C=O) groups is 4. The van der Waals surface area contributed by atoms with Gasteiger partial charge in [0.15, 0.2) is 0 Å². The van der Waals surface area contributed by atoms with Crippen molar-refractivity contribution in [1.29, 1.82) is 0 Å². The van der Waals surface area contributed by atoms with Gasteiger partial charge in [0.2, 0.25) is 0 Å². The Bertz CT molecular complexity index is 2020. The second kappa shape index (κ2) is 15.3. The maximum absolute atomic E-state index is 13.7. The number of amides is 4. The second-order valence-electron chi connectivity index (χ2n) is 11.7. The summed E-state index contributed by atoms with van der Waals surface area (Å²) in [6.07, 6.45) is 1.69. The van der Waals surface area contributed by atoms with Gasteiger partial charge in [-0.3, -0.25) is 38.6 Å². The number of hydrogen-bond donors (Lipinski definition) is 2. The second-order valence-corrected chi connectivity index (χ2v) is 15.2. The van der Waals surface area contributed by atoms with Crippen molar-refractivity contribution in [2.24, 2.45) is 7.05 Å². The first kappa shape index (κ1) is 35.5. The molecule has 1 aromatic carbocycles. The van der Waals surface area contributed by atoms with Crippen LogP contribution in [0.1, 0.15) is 66.5 Å². The van der Waals surface area contributed by atoms with E-state index in [2.05, 4.69) is 10.6 Å². The molecule has 3 aromatic rings. The Hall–Kier alpha value is -4.32. The quantitative estimate of drug-likeness (QED) is 0.310. The predicted octanol–water partition coefficient (Wildman–Crippen LogP) is 2.20. The number of benzene rings is 1. The van der Waals surface area contributed by atoms with Crippen molar-refractivity contribution in [3.63, 3.8) is 0 Å². The van der Waals surface area contributed by atoms with Gasteiger partial charge >= 0.3 is 0 Å². The number of hydrogen-bond acceptors (Lipinski definition) is 11. The number of thioether (sulfide) groups is 2. The molecule has 13 nitrogen and oxygen atoms in total. The van der Waals surface area contributed by atoms with Crippen LogP contribution in [0.3, 0.4) is 0 Å². The van der Waals surface area contributed by atoms with Gasteiger partial charge in [-0.15, -0.1) is 4.73 Å². The van der Waals surface area contributed by atoms with Crippen molar-refractivity contribution in [2.75, 3.05) is 24.6 Å². The van der Waals surface area contributed by atoms with Crippen molar-refractivity contribution < 1.29 is 24.0 Å². The third-order valence-corrected chi connectivity index (χ3v) is 11.5. The minimum atomic E-state index is -0.827. The molecule has 2 aliphatic heterocycles. The summed E-state index contributed by atoms with van der Waals surface area (Å²) in [5.74, 6) is -0.981. The minimum absolute atomic E-state index is 0.0403. The van der Waals surface area contributed by atoms with Gasteiger partial charge in [-0.25, -0.2) is 0 Å². The van der Waals surface area contributed by atoms with Crippen molar-refractivity contribution in [3.8, 4) is 0 Å². The molecule has 4 heterocycles. The first-order chi connectivity index (χ1) is 24.0. The summed E-state index contributed by atoms with van der Waals surface area (Å²) in [5.41, 5.74) is -1.11. The molecular weight excluding hydrogens is 721 g/mol. The summed E-state index contributed by atoms with van der Waals surface area (Å²) in [4.78, 5) is 88.9. The molecule has 0 radical (unpaired) electrons. The van der Waals surface area contributed by atoms with Crippen LogP contribution in [-0.4, -0.2) is 88.0 Å². The summed E-state index contributed by atoms with van der Waals surface area (Å²) in [7, 11) is 1.42. The maximum Gasteiger partial charge on any atom is 0.296 e. The molecule has 1 aliphatic carbocycles. The molecule has 1 saturated carbocycles. The zero-order valence-corrected chi connectivity index (χ0v) is 30.1. The summed E-state index contributed by atoms with van der Waals surface area (Å²) < 4.78 is 2.80. The van der Waals surface area contributed by atoms with Crippen LogP contribution in [0.15, 0.2) is 64.2 Å². The van der Waals surface area contributed by atoms with Crippen molar-refractivity contribution in [1.82, 2.24) is 29.7 Å². The van der Waals surface area contributed by atoms with E-state index in [1.165, 1.54) is 64.6 Å². The Morgan fingerprint density at radius 2 is 1.28 bits per heavy atom. The molecule has 2 aromatic heterocycles. The number of rotatable bonds is 9. The average molecular weight is 753 g/mol. The summed E-state index contributed by atoms with van der Waals surface area (Å²) in [6, 6.07) is 13.4. The van der Waals surface area contributed by atoms with Gasteiger partial charge in [0.1, 0.15) is 37.8 Å². The molecule has 0 bridgehead atoms. The first-order valence-electron chi connectivity index (χ1n) is 15.8. The molecular formula is C33H32N6O7S4. The van der Waals surface area contributed by atoms with Gasteiger partial charge in [-0.2, -0.15) is 0 Å². The van der Waals surface area contributed by atoms with Gasteiger partial charge in [0, 0.05) is 43.7 Å². The highest BCUT2D eigenvalue weighted by Crippen LogP contribution is 2.23. The van der Waals surface area contributed by atoms with Crippen LogP contribution in [0, 0.1) is 0 Å². The molecule has 0 unspecified atom stereocenters. The topological polar surface area (TPSA) is 152 Å². The first-order valence-corrected chi connectivity index (χ1v) is 18.6. The van der Waals surface area contributed by atoms with Crippen molar-refractivity contribution in [2.45, 2.75) is 38.0 Å². The van der Waals surface area contributed by atoms with Crippen molar-refractivity contribution >= 4 is 80.2 Å². The molecule has 2 N–H and O–H groups in total. The lowest BCUT2D eigenvalue weighted by Crippen LogP contribution is -2.50. The predicted molar refractivity (Wildman–Crippen MR) is 198 cm³/mol. The van der Waals surface area contributed by atoms with Crippen molar-refractivity contribution in [3.05, 3.63) is 103 Å². The SMILES string of the molecule is Cn1c(C(=O)N2CCSC2=S)ccc(C(=O)N[C@@H]2CCC[C@@H]2NC(=O)c2ccc(C(=O)N3CCSC3=S)n(OCc3ccccc3)c2=O)c1=O. The van der Waals surface area contributed by atoms with Crippen LogP contribution >= 0.6 is 48.0 Å². The van der Waals surface area contributed by atoms with E-state index >= 15 is 0 Å². The standard InChI is InChI=1S/C33H32N6O7S4/c1-36-24(30(44)37-14-16-49-32(37)47)12-10-20(28(36)42)26(40)34-22-8-5-9-23(22)35-27(41)21-11-13-25(31(45)38-15-17-50-33(38)48)39(29(21)43)46-18-19-6-3-2-4-7-19/h2-4,6-7,10-13,22-23H,5,8-9,14-18H2,1H3,(H,34,40)(H,35,41)/t22-,23+/m1/s1. The van der Waals surface area contributed by atoms with E-state index in [1.54, 1.807) is 12.1 Å². The molecule has 4 amide bonds. The number of nitrogens with zero attached hydrogens (tertiary/aromatic N) is 4. The lowest BCUT2D eigenvalue weighted by molar-refractivity contribution is 0.0644. The van der Waals surface area contributed by atoms with Gasteiger partial charge in [0.25, 0.3) is 34.7 Å². The van der Waals surface area contributed by atoms with Gasteiger partial charge < -0.3 is 20.0 Å². The van der Waals surface area contributed by atoms with Crippen LogP contribution < -0.4 is 26.6 Å². The number of nitrogens with one attached hydrogen (secondary N) is 2. The largest absolute Gasteiger partial charge is 0.405 e. The summed E-state index contributed by atoms with van der Waals surface area (Å²) >= 11 is 13.3. The van der Waals surface area contributed by atoms with Gasteiger partial charge in [0.05, 0.1) is 0 Å². The van der Waals surface area contributed by atoms with Crippen LogP contribution in [0.4, 0.5) is 0 Å². The Kier molecular flexibility index (Phi) is 10.9. The molecule has 50 heavy (non-hydrogen) atoms. The van der Waals surface area contributed by atoms with E-state index in [4.69, 9.17) is 29.3 Å². The fourth-order valence-corrected chi connectivity index (χ4v) is 8.35. The van der Waals surface area contributed by atoms with E-state index in [0.717, 1.165) is 14.9 Å². The third-order valence-electron chi connectivity index (χ3n) is 8.64. The molecule has 0 spiro atoms. The molecule has 3 fully saturated rings. The zero-order valence-electron chi connectivity index (χ0n) is 26.8. The molecule has 2 saturated heterocycles. The summed E-state index contributed by atoms with van der Waals surface area (Å²) in [6.45, 7) is 0.783. The molecule has 17 heteroatoms. The molecule has 3 aliphatic rings. The number of pyridine rings is 2. The van der Waals surface area contributed by atoms with Crippen LogP contribution in [-0.2, 0) is 13.7 Å². The Balaban J connectivity index is 1.18. The summed E-state index contributed by atoms with van der Waals surface area (Å²) in [5, 5.41) is 5.70. The highest BCUT2D eigenvalue weighted by Gasteiger charge is 2.34. The molecule has 2 atom stereocenters. The van der Waals surface area contributed by atoms with E-state index in [1.807, 2.05) is 18.2 Å². The van der Waals surface area contributed by atoms with Gasteiger partial charge in [-0.05, 0) is 49.1 Å². The normalized spacial score (nSPS) is 18.7. The Labute approximate surface area is 305 Å². The van der Waals surface area contributed by atoms with Gasteiger partial charge in [-0.1, -0.05) is 78.3 Å². The number of carbonyl (C=O) groups excluding carboxylic acids is 4. The van der Waals surface area contributed by atoms with Crippen LogP contribution in [0.5, 0.6) is 0 Å². The molecule has 6 rings (SSSR count). The maximum atomic E-state index is 13.7. The van der Waals surface area contributed by atoms with E-state index in [0.29, 0.717) is 52.5 Å². The fraction of sp³-hybridized carbons (Fsp3) is 0.333. The Morgan fingerprint density at radius 3 is 1.82 bits per heavy atom. The highest BCUT2D eigenvalue weighted by molar-refractivity contribution is 8.23. The lowest BCUT2D eigenvalue weighted by Gasteiger charge is -2.23. The Morgan fingerprint density at radius 1 is 0.760 bits per heavy atom. The monoisotopic (exact) mass is 752 g/mol. The average Bonchev–Trinajstić information content (AvgIpc) is 3.86. The minimum Gasteiger partial charge on any atom is -0.405 e. The van der Waals surface area contributed by atoms with Crippen LogP contribution in [0.25, 0.3) is 0 Å². The van der Waals surface area contributed by atoms with E-state index in [9.17, 15) is 28.8 Å². The zero-order chi connectivity index (χ0) is 35.5. The third kappa shape index (κ3) is 7.26. The van der Waals surface area contributed by atoms with E-state index in [-0.39, 0.29) is 29.1 Å². The number of thiocarbonyl (C=S) groups is 2. The smallest absolute Gasteiger partial charge is 0.296 e.